The second kappa shape index (κ2) is 9.25. The Morgan fingerprint density at radius 1 is 1.21 bits per heavy atom. The number of nitrogens with zero attached hydrogens (tertiary/aromatic N) is 3. The number of carbonyl (C=O) groups excluding carboxylic acids is 1. The van der Waals surface area contributed by atoms with Crippen LogP contribution in [0.15, 0.2) is 42.5 Å². The largest absolute Gasteiger partial charge is 0.496 e. The number of hydrogen-bond acceptors (Lipinski definition) is 5. The van der Waals surface area contributed by atoms with Crippen molar-refractivity contribution in [3.8, 4) is 17.0 Å². The summed E-state index contributed by atoms with van der Waals surface area (Å²) < 4.78 is 5.34. The number of fused-ring (bicyclic) bond motifs is 1. The van der Waals surface area contributed by atoms with Crippen LogP contribution in [0.5, 0.6) is 5.75 Å². The zero-order valence-electron chi connectivity index (χ0n) is 18.4. The lowest BCUT2D eigenvalue weighted by molar-refractivity contribution is 0.0507. The highest BCUT2D eigenvalue weighted by atomic mass is 35.5. The summed E-state index contributed by atoms with van der Waals surface area (Å²) in [5.74, 6) is 0.547. The van der Waals surface area contributed by atoms with Gasteiger partial charge in [-0.2, -0.15) is 0 Å². The maximum atomic E-state index is 13.1. The first-order valence-electron chi connectivity index (χ1n) is 10.6. The van der Waals surface area contributed by atoms with E-state index in [2.05, 4.69) is 0 Å². The SMILES string of the molecule is COc1ccc(-c2cc(Cl)c3ccc(C(=O)N4CCN(C(=O)O)C(C)C4)cc3n2)cc1CN. The van der Waals surface area contributed by atoms with Gasteiger partial charge in [0.05, 0.1) is 23.3 Å². The van der Waals surface area contributed by atoms with Crippen molar-refractivity contribution in [2.24, 2.45) is 5.73 Å². The molecule has 0 aliphatic carbocycles. The molecule has 0 bridgehead atoms. The van der Waals surface area contributed by atoms with Crippen molar-refractivity contribution in [3.05, 3.63) is 58.6 Å². The molecule has 1 aromatic heterocycles. The zero-order valence-corrected chi connectivity index (χ0v) is 19.2. The van der Waals surface area contributed by atoms with Crippen molar-refractivity contribution in [3.63, 3.8) is 0 Å². The molecule has 1 unspecified atom stereocenters. The van der Waals surface area contributed by atoms with E-state index in [0.29, 0.717) is 47.2 Å². The first kappa shape index (κ1) is 22.8. The number of hydrogen-bond donors (Lipinski definition) is 2. The van der Waals surface area contributed by atoms with Gasteiger partial charge in [-0.25, -0.2) is 9.78 Å². The molecule has 0 radical (unpaired) electrons. The molecular weight excluding hydrogens is 444 g/mol. The van der Waals surface area contributed by atoms with E-state index in [9.17, 15) is 14.7 Å². The Morgan fingerprint density at radius 3 is 2.67 bits per heavy atom. The molecule has 33 heavy (non-hydrogen) atoms. The Balaban J connectivity index is 1.66. The Bertz CT molecular complexity index is 1230. The van der Waals surface area contributed by atoms with Gasteiger partial charge in [-0.1, -0.05) is 17.7 Å². The normalized spacial score (nSPS) is 16.2. The van der Waals surface area contributed by atoms with Crippen LogP contribution in [0, 0.1) is 0 Å². The minimum atomic E-state index is -0.969. The predicted molar refractivity (Wildman–Crippen MR) is 127 cm³/mol. The monoisotopic (exact) mass is 468 g/mol. The van der Waals surface area contributed by atoms with Gasteiger partial charge in [-0.05, 0) is 43.3 Å². The van der Waals surface area contributed by atoms with Gasteiger partial charge in [0.25, 0.3) is 5.91 Å². The maximum Gasteiger partial charge on any atom is 0.407 e. The van der Waals surface area contributed by atoms with Crippen LogP contribution >= 0.6 is 11.6 Å². The van der Waals surface area contributed by atoms with Crippen molar-refractivity contribution >= 4 is 34.5 Å². The summed E-state index contributed by atoms with van der Waals surface area (Å²) in [5, 5.41) is 10.5. The van der Waals surface area contributed by atoms with Crippen molar-refractivity contribution in [2.45, 2.75) is 19.5 Å². The average Bonchev–Trinajstić information content (AvgIpc) is 2.82. The molecule has 3 aromatic rings. The van der Waals surface area contributed by atoms with Gasteiger partial charge in [0.2, 0.25) is 0 Å². The molecule has 1 aliphatic rings. The number of halogens is 1. The summed E-state index contributed by atoms with van der Waals surface area (Å²) in [6.45, 7) is 3.09. The molecule has 2 aromatic carbocycles. The number of rotatable bonds is 4. The standard InChI is InChI=1S/C24H25ClN4O4/c1-14-13-28(7-8-29(14)24(31)32)23(30)16-3-5-18-19(25)11-20(27-21(18)10-16)15-4-6-22(33-2)17(9-15)12-26/h3-6,9-11,14H,7-8,12-13,26H2,1-2H3,(H,31,32). The molecule has 1 saturated heterocycles. The lowest BCUT2D eigenvalue weighted by Crippen LogP contribution is -2.55. The van der Waals surface area contributed by atoms with Crippen LogP contribution in [-0.4, -0.2) is 64.7 Å². The van der Waals surface area contributed by atoms with Crippen LogP contribution in [0.2, 0.25) is 5.02 Å². The molecular formula is C24H25ClN4O4. The van der Waals surface area contributed by atoms with E-state index < -0.39 is 6.09 Å². The number of pyridine rings is 1. The van der Waals surface area contributed by atoms with Crippen molar-refractivity contribution in [2.75, 3.05) is 26.7 Å². The Morgan fingerprint density at radius 2 is 2.00 bits per heavy atom. The molecule has 9 heteroatoms. The molecule has 3 N–H and O–H groups in total. The van der Waals surface area contributed by atoms with E-state index in [4.69, 9.17) is 27.1 Å². The predicted octanol–water partition coefficient (Wildman–Crippen LogP) is 3.85. The van der Waals surface area contributed by atoms with E-state index in [0.717, 1.165) is 16.5 Å². The average molecular weight is 469 g/mol. The fourth-order valence-electron chi connectivity index (χ4n) is 4.17. The Kier molecular flexibility index (Phi) is 6.40. The van der Waals surface area contributed by atoms with Gasteiger partial charge < -0.3 is 25.4 Å². The number of aromatic nitrogens is 1. The number of nitrogens with two attached hydrogens (primary N) is 1. The summed E-state index contributed by atoms with van der Waals surface area (Å²) in [6, 6.07) is 12.4. The van der Waals surface area contributed by atoms with Crippen LogP contribution in [0.1, 0.15) is 22.8 Å². The zero-order chi connectivity index (χ0) is 23.7. The van der Waals surface area contributed by atoms with E-state index in [1.54, 1.807) is 43.2 Å². The highest BCUT2D eigenvalue weighted by molar-refractivity contribution is 6.35. The smallest absolute Gasteiger partial charge is 0.407 e. The number of piperazine rings is 1. The molecule has 2 amide bonds. The summed E-state index contributed by atoms with van der Waals surface area (Å²) in [5.41, 5.74) is 9.29. The Hall–Kier alpha value is -3.36. The second-order valence-electron chi connectivity index (χ2n) is 8.03. The number of ether oxygens (including phenoxy) is 1. The maximum absolute atomic E-state index is 13.1. The number of benzene rings is 2. The van der Waals surface area contributed by atoms with Crippen LogP contribution in [0.3, 0.4) is 0 Å². The van der Waals surface area contributed by atoms with Gasteiger partial charge in [0.1, 0.15) is 5.75 Å². The molecule has 172 valence electrons. The van der Waals surface area contributed by atoms with Crippen molar-refractivity contribution in [1.29, 1.82) is 0 Å². The first-order chi connectivity index (χ1) is 15.8. The summed E-state index contributed by atoms with van der Waals surface area (Å²) in [7, 11) is 1.60. The van der Waals surface area contributed by atoms with E-state index in [1.165, 1.54) is 4.90 Å². The lowest BCUT2D eigenvalue weighted by Gasteiger charge is -2.38. The highest BCUT2D eigenvalue weighted by Crippen LogP contribution is 2.31. The minimum Gasteiger partial charge on any atom is -0.496 e. The molecule has 0 saturated carbocycles. The topological polar surface area (TPSA) is 109 Å². The van der Waals surface area contributed by atoms with Gasteiger partial charge in [-0.3, -0.25) is 4.79 Å². The molecule has 4 rings (SSSR count). The molecule has 0 spiro atoms. The molecule has 1 fully saturated rings. The third-order valence-corrected chi connectivity index (χ3v) is 6.28. The minimum absolute atomic E-state index is 0.160. The fourth-order valence-corrected chi connectivity index (χ4v) is 4.44. The summed E-state index contributed by atoms with van der Waals surface area (Å²) in [4.78, 5) is 32.2. The van der Waals surface area contributed by atoms with Crippen LogP contribution in [0.4, 0.5) is 4.79 Å². The van der Waals surface area contributed by atoms with Crippen LogP contribution < -0.4 is 10.5 Å². The molecule has 2 heterocycles. The third kappa shape index (κ3) is 4.44. The molecule has 8 nitrogen and oxygen atoms in total. The second-order valence-corrected chi connectivity index (χ2v) is 8.44. The number of amides is 2. The van der Waals surface area contributed by atoms with E-state index in [1.807, 2.05) is 18.2 Å². The van der Waals surface area contributed by atoms with E-state index in [-0.39, 0.29) is 18.5 Å². The summed E-state index contributed by atoms with van der Waals surface area (Å²) in [6.07, 6.45) is -0.969. The first-order valence-corrected chi connectivity index (χ1v) is 11.0. The van der Waals surface area contributed by atoms with Crippen molar-refractivity contribution in [1.82, 2.24) is 14.8 Å². The fraction of sp³-hybridized carbons (Fsp3) is 0.292. The van der Waals surface area contributed by atoms with Crippen molar-refractivity contribution < 1.29 is 19.4 Å². The molecule has 1 atom stereocenters. The summed E-state index contributed by atoms with van der Waals surface area (Å²) >= 11 is 6.54. The number of methoxy groups -OCH3 is 1. The Labute approximate surface area is 196 Å². The van der Waals surface area contributed by atoms with Gasteiger partial charge in [0, 0.05) is 54.3 Å². The van der Waals surface area contributed by atoms with Gasteiger partial charge in [0.15, 0.2) is 0 Å². The van der Waals surface area contributed by atoms with Crippen LogP contribution in [-0.2, 0) is 6.54 Å². The lowest BCUT2D eigenvalue weighted by atomic mass is 10.0. The van der Waals surface area contributed by atoms with E-state index >= 15 is 0 Å². The highest BCUT2D eigenvalue weighted by Gasteiger charge is 2.30. The quantitative estimate of drug-likeness (QED) is 0.602. The third-order valence-electron chi connectivity index (χ3n) is 5.96. The van der Waals surface area contributed by atoms with Crippen LogP contribution in [0.25, 0.3) is 22.2 Å². The molecule has 1 aliphatic heterocycles. The number of carboxylic acid groups (broad SMARTS) is 1. The number of carbonyl (C=O) groups is 2. The van der Waals surface area contributed by atoms with Gasteiger partial charge >= 0.3 is 6.09 Å². The van der Waals surface area contributed by atoms with Gasteiger partial charge in [-0.15, -0.1) is 0 Å².